The van der Waals surface area contributed by atoms with Crippen molar-refractivity contribution in [2.24, 2.45) is 0 Å². The Balaban J connectivity index is 2.74. The molecule has 0 aromatic heterocycles. The number of benzene rings is 1. The Kier molecular flexibility index (Phi) is 8.35. The van der Waals surface area contributed by atoms with Gasteiger partial charge in [0.2, 0.25) is 0 Å². The molecule has 21 heavy (non-hydrogen) atoms. The number of rotatable bonds is 10. The molecule has 1 rings (SSSR count). The molecule has 0 saturated carbocycles. The molecule has 2 atom stereocenters. The topological polar surface area (TPSA) is 39.7 Å². The summed E-state index contributed by atoms with van der Waals surface area (Å²) >= 11 is 0. The van der Waals surface area contributed by atoms with E-state index in [4.69, 9.17) is 14.2 Å². The highest BCUT2D eigenvalue weighted by atomic mass is 16.5. The molecule has 0 bridgehead atoms. The fourth-order valence-corrected chi connectivity index (χ4v) is 2.03. The number of nitrogens with one attached hydrogen (secondary N) is 1. The SMILES string of the molecule is CCOCC(C)OC(CNC(C)C)c1cccc(OC)c1. The van der Waals surface area contributed by atoms with Crippen LogP contribution < -0.4 is 10.1 Å². The lowest BCUT2D eigenvalue weighted by atomic mass is 10.1. The maximum Gasteiger partial charge on any atom is 0.119 e. The molecule has 0 heterocycles. The Morgan fingerprint density at radius 1 is 1.19 bits per heavy atom. The average molecular weight is 295 g/mol. The highest BCUT2D eigenvalue weighted by Crippen LogP contribution is 2.23. The van der Waals surface area contributed by atoms with Gasteiger partial charge in [-0.15, -0.1) is 0 Å². The zero-order chi connectivity index (χ0) is 15.7. The smallest absolute Gasteiger partial charge is 0.119 e. The highest BCUT2D eigenvalue weighted by Gasteiger charge is 2.17. The van der Waals surface area contributed by atoms with Gasteiger partial charge in [-0.2, -0.15) is 0 Å². The van der Waals surface area contributed by atoms with E-state index in [0.29, 0.717) is 19.3 Å². The zero-order valence-corrected chi connectivity index (χ0v) is 13.9. The van der Waals surface area contributed by atoms with Crippen molar-refractivity contribution < 1.29 is 14.2 Å². The van der Waals surface area contributed by atoms with Crippen LogP contribution in [0, 0.1) is 0 Å². The van der Waals surface area contributed by atoms with Crippen LogP contribution in [0.5, 0.6) is 5.75 Å². The number of ether oxygens (including phenoxy) is 3. The minimum absolute atomic E-state index is 0.0158. The minimum atomic E-state index is -0.0158. The van der Waals surface area contributed by atoms with E-state index in [9.17, 15) is 0 Å². The predicted octanol–water partition coefficient (Wildman–Crippen LogP) is 3.18. The Morgan fingerprint density at radius 2 is 1.95 bits per heavy atom. The van der Waals surface area contributed by atoms with Crippen LogP contribution in [0.4, 0.5) is 0 Å². The summed E-state index contributed by atoms with van der Waals surface area (Å²) in [5.74, 6) is 0.850. The van der Waals surface area contributed by atoms with Gasteiger partial charge in [-0.1, -0.05) is 26.0 Å². The van der Waals surface area contributed by atoms with E-state index in [1.165, 1.54) is 0 Å². The molecule has 0 aliphatic rings. The van der Waals surface area contributed by atoms with Crippen LogP contribution in [-0.2, 0) is 9.47 Å². The van der Waals surface area contributed by atoms with Crippen LogP contribution in [0.3, 0.4) is 0 Å². The van der Waals surface area contributed by atoms with Crippen LogP contribution >= 0.6 is 0 Å². The highest BCUT2D eigenvalue weighted by molar-refractivity contribution is 5.30. The summed E-state index contributed by atoms with van der Waals surface area (Å²) in [6, 6.07) is 8.46. The van der Waals surface area contributed by atoms with Gasteiger partial charge in [0.25, 0.3) is 0 Å². The monoisotopic (exact) mass is 295 g/mol. The first-order valence-corrected chi connectivity index (χ1v) is 7.67. The molecular formula is C17H29NO3. The lowest BCUT2D eigenvalue weighted by Crippen LogP contribution is -2.31. The summed E-state index contributed by atoms with van der Waals surface area (Å²) in [5.41, 5.74) is 1.12. The molecule has 1 aromatic carbocycles. The molecule has 4 nitrogen and oxygen atoms in total. The van der Waals surface area contributed by atoms with Crippen molar-refractivity contribution >= 4 is 0 Å². The van der Waals surface area contributed by atoms with Crippen LogP contribution in [-0.4, -0.2) is 39.0 Å². The summed E-state index contributed by atoms with van der Waals surface area (Å²) in [5, 5.41) is 3.44. The quantitative estimate of drug-likeness (QED) is 0.719. The Morgan fingerprint density at radius 3 is 2.57 bits per heavy atom. The zero-order valence-electron chi connectivity index (χ0n) is 13.9. The van der Waals surface area contributed by atoms with Crippen LogP contribution in [0.1, 0.15) is 39.4 Å². The standard InChI is InChI=1S/C17H29NO3/c1-6-20-12-14(4)21-17(11-18-13(2)3)15-8-7-9-16(10-15)19-5/h7-10,13-14,17-18H,6,11-12H2,1-5H3. The number of hydrogen-bond acceptors (Lipinski definition) is 4. The normalized spacial score (nSPS) is 14.2. The summed E-state index contributed by atoms with van der Waals surface area (Å²) in [4.78, 5) is 0. The number of methoxy groups -OCH3 is 1. The van der Waals surface area contributed by atoms with Gasteiger partial charge in [0.1, 0.15) is 5.75 Å². The van der Waals surface area contributed by atoms with Crippen molar-refractivity contribution in [1.82, 2.24) is 5.32 Å². The van der Waals surface area contributed by atoms with Crippen LogP contribution in [0.2, 0.25) is 0 Å². The summed E-state index contributed by atoms with van der Waals surface area (Å²) < 4.78 is 16.9. The van der Waals surface area contributed by atoms with Crippen LogP contribution in [0.15, 0.2) is 24.3 Å². The molecule has 1 aromatic rings. The lowest BCUT2D eigenvalue weighted by Gasteiger charge is -2.24. The molecule has 0 radical (unpaired) electrons. The summed E-state index contributed by atoms with van der Waals surface area (Å²) in [6.07, 6.45) is 0.0352. The first-order valence-electron chi connectivity index (χ1n) is 7.67. The van der Waals surface area contributed by atoms with E-state index in [0.717, 1.165) is 17.9 Å². The van der Waals surface area contributed by atoms with Gasteiger partial charge >= 0.3 is 0 Å². The van der Waals surface area contributed by atoms with Crippen molar-refractivity contribution in [3.63, 3.8) is 0 Å². The van der Waals surface area contributed by atoms with Gasteiger partial charge < -0.3 is 19.5 Å². The Hall–Kier alpha value is -1.10. The van der Waals surface area contributed by atoms with E-state index >= 15 is 0 Å². The second-order valence-corrected chi connectivity index (χ2v) is 5.43. The van der Waals surface area contributed by atoms with Gasteiger partial charge in [0, 0.05) is 19.2 Å². The van der Waals surface area contributed by atoms with Crippen LogP contribution in [0.25, 0.3) is 0 Å². The summed E-state index contributed by atoms with van der Waals surface area (Å²) in [7, 11) is 1.68. The van der Waals surface area contributed by atoms with Crippen molar-refractivity contribution in [2.75, 3.05) is 26.9 Å². The van der Waals surface area contributed by atoms with E-state index < -0.39 is 0 Å². The Bertz CT molecular complexity index is 395. The van der Waals surface area contributed by atoms with Crippen molar-refractivity contribution in [3.05, 3.63) is 29.8 Å². The molecular weight excluding hydrogens is 266 g/mol. The van der Waals surface area contributed by atoms with Gasteiger partial charge in [0.05, 0.1) is 25.9 Å². The van der Waals surface area contributed by atoms with E-state index in [-0.39, 0.29) is 12.2 Å². The van der Waals surface area contributed by atoms with Gasteiger partial charge in [-0.3, -0.25) is 0 Å². The second kappa shape index (κ2) is 9.77. The van der Waals surface area contributed by atoms with Gasteiger partial charge in [0.15, 0.2) is 0 Å². The largest absolute Gasteiger partial charge is 0.497 e. The molecule has 2 unspecified atom stereocenters. The average Bonchev–Trinajstić information content (AvgIpc) is 2.49. The fourth-order valence-electron chi connectivity index (χ4n) is 2.03. The molecule has 0 aliphatic carbocycles. The molecule has 0 amide bonds. The molecule has 4 heteroatoms. The molecule has 120 valence electrons. The first-order chi connectivity index (χ1) is 10.1. The third-order valence-corrected chi connectivity index (χ3v) is 3.13. The van der Waals surface area contributed by atoms with Crippen molar-refractivity contribution in [3.8, 4) is 5.75 Å². The summed E-state index contributed by atoms with van der Waals surface area (Å²) in [6.45, 7) is 10.4. The predicted molar refractivity (Wildman–Crippen MR) is 85.9 cm³/mol. The third-order valence-electron chi connectivity index (χ3n) is 3.13. The number of hydrogen-bond donors (Lipinski definition) is 1. The maximum absolute atomic E-state index is 6.15. The minimum Gasteiger partial charge on any atom is -0.497 e. The fraction of sp³-hybridized carbons (Fsp3) is 0.647. The third kappa shape index (κ3) is 6.93. The lowest BCUT2D eigenvalue weighted by molar-refractivity contribution is -0.0475. The molecule has 0 spiro atoms. The second-order valence-electron chi connectivity index (χ2n) is 5.43. The van der Waals surface area contributed by atoms with Crippen molar-refractivity contribution in [1.29, 1.82) is 0 Å². The molecule has 0 fully saturated rings. The molecule has 1 N–H and O–H groups in total. The van der Waals surface area contributed by atoms with Gasteiger partial charge in [-0.05, 0) is 31.5 Å². The van der Waals surface area contributed by atoms with E-state index in [1.807, 2.05) is 32.0 Å². The Labute approximate surface area is 128 Å². The van der Waals surface area contributed by atoms with Gasteiger partial charge in [-0.25, -0.2) is 0 Å². The van der Waals surface area contributed by atoms with E-state index in [1.54, 1.807) is 7.11 Å². The van der Waals surface area contributed by atoms with E-state index in [2.05, 4.69) is 25.2 Å². The molecule has 0 aliphatic heterocycles. The van der Waals surface area contributed by atoms with Crippen molar-refractivity contribution in [2.45, 2.75) is 45.9 Å². The molecule has 0 saturated heterocycles. The first kappa shape index (κ1) is 18.0. The maximum atomic E-state index is 6.15.